The summed E-state index contributed by atoms with van der Waals surface area (Å²) in [6, 6.07) is 0. The molecule has 0 saturated carbocycles. The van der Waals surface area contributed by atoms with E-state index in [1.54, 1.807) is 13.8 Å². The zero-order valence-electron chi connectivity index (χ0n) is 23.0. The number of carbonyl (C=O) groups is 1. The second-order valence-corrected chi connectivity index (χ2v) is 11.2. The number of rotatable bonds is 20. The molecule has 0 rings (SSSR count). The van der Waals surface area contributed by atoms with Crippen molar-refractivity contribution in [2.45, 2.75) is 149 Å². The van der Waals surface area contributed by atoms with Gasteiger partial charge in [-0.2, -0.15) is 0 Å². The Labute approximate surface area is 200 Å². The SMILES string of the molecule is CCCCCCCCCCCCCCCC(C)C(=O)OC(CC(C)C)(N(C)C)C(C)(C)O. The topological polar surface area (TPSA) is 49.8 Å². The van der Waals surface area contributed by atoms with Gasteiger partial charge in [-0.15, -0.1) is 0 Å². The number of nitrogens with zero attached hydrogens (tertiary/aromatic N) is 1. The van der Waals surface area contributed by atoms with Gasteiger partial charge in [-0.05, 0) is 40.3 Å². The molecule has 0 aromatic carbocycles. The van der Waals surface area contributed by atoms with Crippen LogP contribution in [0.5, 0.6) is 0 Å². The van der Waals surface area contributed by atoms with Gasteiger partial charge in [0.1, 0.15) is 5.60 Å². The molecule has 0 saturated heterocycles. The number of aliphatic hydroxyl groups is 1. The number of likely N-dealkylation sites (N-methyl/N-ethyl adjacent to an activating group) is 1. The molecule has 0 aliphatic rings. The van der Waals surface area contributed by atoms with Crippen LogP contribution in [0.4, 0.5) is 0 Å². The van der Waals surface area contributed by atoms with Gasteiger partial charge in [-0.25, -0.2) is 0 Å². The van der Waals surface area contributed by atoms with E-state index in [0.717, 1.165) is 12.8 Å². The van der Waals surface area contributed by atoms with Gasteiger partial charge in [0.25, 0.3) is 0 Å². The molecule has 0 heterocycles. The lowest BCUT2D eigenvalue weighted by molar-refractivity contribution is -0.241. The van der Waals surface area contributed by atoms with Crippen molar-refractivity contribution >= 4 is 5.97 Å². The Hall–Kier alpha value is -0.610. The first-order valence-electron chi connectivity index (χ1n) is 13.6. The summed E-state index contributed by atoms with van der Waals surface area (Å²) in [6.07, 6.45) is 18.7. The van der Waals surface area contributed by atoms with Crippen LogP contribution in [-0.4, -0.2) is 41.4 Å². The highest BCUT2D eigenvalue weighted by Crippen LogP contribution is 2.36. The molecule has 0 spiro atoms. The van der Waals surface area contributed by atoms with E-state index in [9.17, 15) is 9.90 Å². The maximum Gasteiger partial charge on any atom is 0.310 e. The van der Waals surface area contributed by atoms with Gasteiger partial charge in [0.15, 0.2) is 5.72 Å². The van der Waals surface area contributed by atoms with Crippen molar-refractivity contribution < 1.29 is 14.6 Å². The Balaban J connectivity index is 4.15. The average molecular weight is 456 g/mol. The van der Waals surface area contributed by atoms with Crippen molar-refractivity contribution in [2.75, 3.05) is 14.1 Å². The number of esters is 1. The van der Waals surface area contributed by atoms with Crippen LogP contribution in [0.3, 0.4) is 0 Å². The van der Waals surface area contributed by atoms with Crippen molar-refractivity contribution in [3.8, 4) is 0 Å². The summed E-state index contributed by atoms with van der Waals surface area (Å²) in [5.74, 6) is -0.0371. The zero-order valence-corrected chi connectivity index (χ0v) is 23.0. The van der Waals surface area contributed by atoms with Gasteiger partial charge in [0.05, 0.1) is 5.92 Å². The number of hydrogen-bond acceptors (Lipinski definition) is 4. The monoisotopic (exact) mass is 455 g/mol. The number of hydrogen-bond donors (Lipinski definition) is 1. The van der Waals surface area contributed by atoms with E-state index in [4.69, 9.17) is 4.74 Å². The Bertz CT molecular complexity index is 470. The maximum absolute atomic E-state index is 12.9. The van der Waals surface area contributed by atoms with Crippen LogP contribution in [0.2, 0.25) is 0 Å². The quantitative estimate of drug-likeness (QED) is 0.116. The van der Waals surface area contributed by atoms with E-state index in [1.807, 2.05) is 25.9 Å². The molecule has 2 atom stereocenters. The third-order valence-electron chi connectivity index (χ3n) is 6.78. The number of ether oxygens (including phenoxy) is 1. The zero-order chi connectivity index (χ0) is 24.6. The van der Waals surface area contributed by atoms with Gasteiger partial charge in [-0.3, -0.25) is 9.69 Å². The van der Waals surface area contributed by atoms with Crippen LogP contribution in [0, 0.1) is 11.8 Å². The standard InChI is InChI=1S/C28H57NO3/c1-9-10-11-12-13-14-15-16-17-18-19-20-21-22-25(4)26(30)32-28(29(7)8,23-24(2)3)27(5,6)31/h24-25,31H,9-23H2,1-8H3. The van der Waals surface area contributed by atoms with Gasteiger partial charge < -0.3 is 9.84 Å². The molecule has 0 aliphatic heterocycles. The van der Waals surface area contributed by atoms with Crippen LogP contribution in [0.1, 0.15) is 138 Å². The lowest BCUT2D eigenvalue weighted by Gasteiger charge is -2.48. The average Bonchev–Trinajstić information content (AvgIpc) is 2.69. The Morgan fingerprint density at radius 1 is 0.812 bits per heavy atom. The summed E-state index contributed by atoms with van der Waals surface area (Å²) >= 11 is 0. The smallest absolute Gasteiger partial charge is 0.310 e. The summed E-state index contributed by atoms with van der Waals surface area (Å²) in [7, 11) is 3.76. The highest BCUT2D eigenvalue weighted by Gasteiger charge is 2.50. The first kappa shape index (κ1) is 31.4. The van der Waals surface area contributed by atoms with Crippen LogP contribution >= 0.6 is 0 Å². The molecule has 1 N–H and O–H groups in total. The fraction of sp³-hybridized carbons (Fsp3) is 0.964. The summed E-state index contributed by atoms with van der Waals surface area (Å²) < 4.78 is 6.04. The van der Waals surface area contributed by atoms with Crippen molar-refractivity contribution in [2.24, 2.45) is 11.8 Å². The van der Waals surface area contributed by atoms with E-state index in [-0.39, 0.29) is 11.9 Å². The Morgan fingerprint density at radius 2 is 1.22 bits per heavy atom. The third-order valence-corrected chi connectivity index (χ3v) is 6.78. The van der Waals surface area contributed by atoms with E-state index in [2.05, 4.69) is 20.8 Å². The molecule has 192 valence electrons. The van der Waals surface area contributed by atoms with Crippen LogP contribution in [-0.2, 0) is 9.53 Å². The molecule has 32 heavy (non-hydrogen) atoms. The van der Waals surface area contributed by atoms with Crippen LogP contribution < -0.4 is 0 Å². The Morgan fingerprint density at radius 3 is 1.56 bits per heavy atom. The number of unbranched alkanes of at least 4 members (excludes halogenated alkanes) is 12. The minimum absolute atomic E-state index is 0.142. The molecule has 0 fully saturated rings. The highest BCUT2D eigenvalue weighted by molar-refractivity contribution is 5.72. The number of carbonyl (C=O) groups excluding carboxylic acids is 1. The van der Waals surface area contributed by atoms with Crippen molar-refractivity contribution in [1.82, 2.24) is 4.90 Å². The normalized spacial score (nSPS) is 15.2. The van der Waals surface area contributed by atoms with Gasteiger partial charge >= 0.3 is 5.97 Å². The van der Waals surface area contributed by atoms with Crippen molar-refractivity contribution in [1.29, 1.82) is 0 Å². The fourth-order valence-corrected chi connectivity index (χ4v) is 4.64. The minimum Gasteiger partial charge on any atom is -0.440 e. The second-order valence-electron chi connectivity index (χ2n) is 11.2. The lowest BCUT2D eigenvalue weighted by atomic mass is 9.85. The van der Waals surface area contributed by atoms with Gasteiger partial charge in [0.2, 0.25) is 0 Å². The highest BCUT2D eigenvalue weighted by atomic mass is 16.6. The third kappa shape index (κ3) is 12.6. The predicted octanol–water partition coefficient (Wildman–Crippen LogP) is 7.72. The molecule has 0 aliphatic carbocycles. The first-order chi connectivity index (χ1) is 15.0. The van der Waals surface area contributed by atoms with Gasteiger partial charge in [0, 0.05) is 6.42 Å². The molecular formula is C28H57NO3. The Kier molecular flexibility index (Phi) is 16.6. The summed E-state index contributed by atoms with van der Waals surface area (Å²) in [5.41, 5.74) is -2.16. The molecular weight excluding hydrogens is 398 g/mol. The molecule has 2 unspecified atom stereocenters. The molecule has 4 nitrogen and oxygen atoms in total. The second kappa shape index (κ2) is 16.9. The maximum atomic E-state index is 12.9. The van der Waals surface area contributed by atoms with Crippen molar-refractivity contribution in [3.05, 3.63) is 0 Å². The van der Waals surface area contributed by atoms with Crippen LogP contribution in [0.25, 0.3) is 0 Å². The fourth-order valence-electron chi connectivity index (χ4n) is 4.64. The molecule has 0 radical (unpaired) electrons. The molecule has 0 aromatic rings. The minimum atomic E-state index is -1.15. The van der Waals surface area contributed by atoms with E-state index in [1.165, 1.54) is 77.0 Å². The first-order valence-corrected chi connectivity index (χ1v) is 13.6. The molecule has 4 heteroatoms. The van der Waals surface area contributed by atoms with Crippen molar-refractivity contribution in [3.63, 3.8) is 0 Å². The predicted molar refractivity (Wildman–Crippen MR) is 138 cm³/mol. The lowest BCUT2D eigenvalue weighted by Crippen LogP contribution is -2.63. The van der Waals surface area contributed by atoms with E-state index in [0.29, 0.717) is 12.3 Å². The van der Waals surface area contributed by atoms with E-state index < -0.39 is 11.3 Å². The summed E-state index contributed by atoms with van der Waals surface area (Å²) in [6.45, 7) is 11.9. The van der Waals surface area contributed by atoms with E-state index >= 15 is 0 Å². The summed E-state index contributed by atoms with van der Waals surface area (Å²) in [5, 5.41) is 10.9. The summed E-state index contributed by atoms with van der Waals surface area (Å²) in [4.78, 5) is 14.7. The molecule has 0 bridgehead atoms. The molecule has 0 amide bonds. The molecule has 0 aromatic heterocycles. The van der Waals surface area contributed by atoms with Gasteiger partial charge in [-0.1, -0.05) is 111 Å². The largest absolute Gasteiger partial charge is 0.440 e. The van der Waals surface area contributed by atoms with Crippen LogP contribution in [0.15, 0.2) is 0 Å².